The van der Waals surface area contributed by atoms with Crippen molar-refractivity contribution in [3.8, 4) is 0 Å². The smallest absolute Gasteiger partial charge is 0.462 e. The molecule has 0 radical (unpaired) electrons. The Morgan fingerprint density at radius 1 is 0.372 bits per heavy atom. The average Bonchev–Trinajstić information content (AvgIpc) is 3.43. The van der Waals surface area contributed by atoms with Gasteiger partial charge in [-0.05, 0) is 89.9 Å². The first-order valence-electron chi connectivity index (χ1n) is 31.8. The van der Waals surface area contributed by atoms with E-state index >= 15 is 0 Å². The van der Waals surface area contributed by atoms with Gasteiger partial charge in [-0.1, -0.05) is 254 Å². The Labute approximate surface area is 478 Å². The first kappa shape index (κ1) is 74.9. The molecule has 0 amide bonds. The number of ether oxygens (including phenoxy) is 3. The van der Waals surface area contributed by atoms with Crippen molar-refractivity contribution in [2.45, 2.75) is 303 Å². The van der Waals surface area contributed by atoms with E-state index in [-0.39, 0.29) is 25.9 Å². The lowest BCUT2D eigenvalue weighted by Gasteiger charge is -2.21. The van der Waals surface area contributed by atoms with E-state index in [1.807, 2.05) is 0 Å². The van der Waals surface area contributed by atoms with Crippen molar-refractivity contribution in [2.24, 2.45) is 0 Å². The van der Waals surface area contributed by atoms with Gasteiger partial charge in [-0.3, -0.25) is 23.4 Å². The van der Waals surface area contributed by atoms with Crippen LogP contribution in [0.4, 0.5) is 0 Å². The number of hydrogen-bond acceptors (Lipinski definition) is 10. The number of carbonyl (C=O) groups excluding carboxylic acids is 3. The maximum Gasteiger partial charge on any atom is 0.472 e. The van der Waals surface area contributed by atoms with Gasteiger partial charge in [-0.2, -0.15) is 0 Å². The van der Waals surface area contributed by atoms with Crippen molar-refractivity contribution >= 4 is 25.7 Å². The summed E-state index contributed by atoms with van der Waals surface area (Å²) in [5.41, 5.74) is 0. The van der Waals surface area contributed by atoms with Crippen LogP contribution in [0.1, 0.15) is 290 Å². The highest BCUT2D eigenvalue weighted by Gasteiger charge is 2.28. The van der Waals surface area contributed by atoms with Crippen LogP contribution in [0.3, 0.4) is 0 Å². The van der Waals surface area contributed by atoms with Gasteiger partial charge in [0, 0.05) is 19.3 Å². The number of rotatable bonds is 59. The molecule has 11 nitrogen and oxygen atoms in total. The summed E-state index contributed by atoms with van der Waals surface area (Å²) >= 11 is 0. The second-order valence-electron chi connectivity index (χ2n) is 21.2. The summed E-state index contributed by atoms with van der Waals surface area (Å²) in [5, 5.41) is 9.85. The molecular weight excluding hydrogens is 1000 g/mol. The van der Waals surface area contributed by atoms with Gasteiger partial charge in [0.15, 0.2) is 6.10 Å². The third kappa shape index (κ3) is 57.6. The van der Waals surface area contributed by atoms with E-state index in [2.05, 4.69) is 93.7 Å². The molecule has 0 saturated heterocycles. The minimum Gasteiger partial charge on any atom is -0.462 e. The molecule has 0 bridgehead atoms. The highest BCUT2D eigenvalue weighted by molar-refractivity contribution is 7.47. The van der Waals surface area contributed by atoms with Crippen molar-refractivity contribution in [2.75, 3.05) is 26.4 Å². The molecular formula is C66H117O11P. The first-order chi connectivity index (χ1) is 38.2. The summed E-state index contributed by atoms with van der Waals surface area (Å²) in [4.78, 5) is 48.7. The van der Waals surface area contributed by atoms with Gasteiger partial charge in [0.05, 0.1) is 19.8 Å². The van der Waals surface area contributed by atoms with Gasteiger partial charge in [0.2, 0.25) is 0 Å². The van der Waals surface area contributed by atoms with E-state index in [1.165, 1.54) is 122 Å². The van der Waals surface area contributed by atoms with Crippen molar-refractivity contribution in [3.05, 3.63) is 72.9 Å². The predicted molar refractivity (Wildman–Crippen MR) is 325 cm³/mol. The minimum atomic E-state index is -4.76. The SMILES string of the molecule is CC/C=C\C/C=C\C/C=C\C/C=C\CCCCCCC(=O)OCC(COP(=O)(O)OCC(CO)OC(=O)CCCCCCCCCCCCCCCCCCC)OC(=O)CCCCCCCCC/C=C\C/C=C\CCCCC. The summed E-state index contributed by atoms with van der Waals surface area (Å²) in [5.74, 6) is -1.49. The molecule has 0 spiro atoms. The number of hydrogen-bond donors (Lipinski definition) is 2. The van der Waals surface area contributed by atoms with Crippen LogP contribution < -0.4 is 0 Å². The molecule has 0 aromatic heterocycles. The van der Waals surface area contributed by atoms with Crippen molar-refractivity contribution in [3.63, 3.8) is 0 Å². The van der Waals surface area contributed by atoms with Gasteiger partial charge < -0.3 is 24.2 Å². The van der Waals surface area contributed by atoms with E-state index in [0.717, 1.165) is 109 Å². The second-order valence-corrected chi connectivity index (χ2v) is 22.7. The number of aliphatic hydroxyl groups is 1. The zero-order valence-electron chi connectivity index (χ0n) is 50.1. The number of phosphoric ester groups is 1. The number of allylic oxidation sites excluding steroid dienone is 12. The van der Waals surface area contributed by atoms with Gasteiger partial charge in [-0.15, -0.1) is 0 Å². The maximum atomic E-state index is 12.9. The summed E-state index contributed by atoms with van der Waals surface area (Å²) in [6, 6.07) is 0. The molecule has 3 unspecified atom stereocenters. The largest absolute Gasteiger partial charge is 0.472 e. The Bertz CT molecular complexity index is 1590. The number of aliphatic hydroxyl groups excluding tert-OH is 1. The zero-order valence-corrected chi connectivity index (χ0v) is 51.0. The summed E-state index contributed by atoms with van der Waals surface area (Å²) in [7, 11) is -4.76. The average molecular weight is 1120 g/mol. The lowest BCUT2D eigenvalue weighted by molar-refractivity contribution is -0.161. The van der Waals surface area contributed by atoms with Crippen LogP contribution in [-0.2, 0) is 42.2 Å². The standard InChI is InChI=1S/C66H117O11P/c1-4-7-10-13-16-19-22-25-28-31-34-37-40-43-46-49-52-55-64(68)73-59-63(77-66(70)57-54-51-48-45-42-39-36-33-30-27-24-21-18-15-12-9-6-3)61-75-78(71,72)74-60-62(58-67)76-65(69)56-53-50-47-44-41-38-35-32-29-26-23-20-17-14-11-8-5-2/h7,10,16,18-19,21,25,27-28,30,34,37,62-63,67H,4-6,8-9,11-15,17,20,22-24,26,29,31-33,35-36,38-61H2,1-3H3,(H,71,72)/b10-7-,19-16-,21-18-,28-25-,30-27-,37-34-. The third-order valence-electron chi connectivity index (χ3n) is 13.6. The number of carbonyl (C=O) groups is 3. The molecule has 0 heterocycles. The molecule has 0 aliphatic carbocycles. The highest BCUT2D eigenvalue weighted by atomic mass is 31.2. The molecule has 3 atom stereocenters. The second kappa shape index (κ2) is 60.0. The van der Waals surface area contributed by atoms with Gasteiger partial charge >= 0.3 is 25.7 Å². The van der Waals surface area contributed by atoms with E-state index < -0.39 is 57.8 Å². The molecule has 2 N–H and O–H groups in total. The molecule has 0 aromatic carbocycles. The molecule has 0 fully saturated rings. The van der Waals surface area contributed by atoms with Crippen LogP contribution in [0.2, 0.25) is 0 Å². The first-order valence-corrected chi connectivity index (χ1v) is 33.3. The van der Waals surface area contributed by atoms with Crippen LogP contribution in [-0.4, -0.2) is 66.5 Å². The normalized spacial score (nSPS) is 13.8. The van der Waals surface area contributed by atoms with E-state index in [0.29, 0.717) is 19.3 Å². The summed E-state index contributed by atoms with van der Waals surface area (Å²) in [6.07, 6.45) is 68.5. The highest BCUT2D eigenvalue weighted by Crippen LogP contribution is 2.43. The van der Waals surface area contributed by atoms with Crippen LogP contribution in [0.5, 0.6) is 0 Å². The van der Waals surface area contributed by atoms with E-state index in [4.69, 9.17) is 23.3 Å². The van der Waals surface area contributed by atoms with Crippen molar-refractivity contribution in [1.29, 1.82) is 0 Å². The monoisotopic (exact) mass is 1120 g/mol. The molecule has 12 heteroatoms. The summed E-state index contributed by atoms with van der Waals surface area (Å²) in [6.45, 7) is 4.52. The van der Waals surface area contributed by atoms with Crippen molar-refractivity contribution in [1.82, 2.24) is 0 Å². The topological polar surface area (TPSA) is 155 Å². The Morgan fingerprint density at radius 3 is 1.05 bits per heavy atom. The number of unbranched alkanes of at least 4 members (excludes halogenated alkanes) is 30. The van der Waals surface area contributed by atoms with Gasteiger partial charge in [-0.25, -0.2) is 4.57 Å². The van der Waals surface area contributed by atoms with E-state index in [1.54, 1.807) is 0 Å². The lowest BCUT2D eigenvalue weighted by atomic mass is 10.0. The fourth-order valence-electron chi connectivity index (χ4n) is 8.79. The van der Waals surface area contributed by atoms with E-state index in [9.17, 15) is 28.9 Å². The van der Waals surface area contributed by atoms with Crippen LogP contribution in [0.25, 0.3) is 0 Å². The summed E-state index contributed by atoms with van der Waals surface area (Å²) < 4.78 is 39.7. The number of phosphoric acid groups is 1. The van der Waals surface area contributed by atoms with Crippen molar-refractivity contribution < 1.29 is 52.2 Å². The number of esters is 3. The molecule has 0 aliphatic rings. The molecule has 0 saturated carbocycles. The quantitative estimate of drug-likeness (QED) is 0.0197. The third-order valence-corrected chi connectivity index (χ3v) is 14.6. The lowest BCUT2D eigenvalue weighted by Crippen LogP contribution is -2.30. The Morgan fingerprint density at radius 2 is 0.667 bits per heavy atom. The van der Waals surface area contributed by atoms with Crippen LogP contribution in [0, 0.1) is 0 Å². The fraction of sp³-hybridized carbons (Fsp3) is 0.773. The van der Waals surface area contributed by atoms with Gasteiger partial charge in [0.1, 0.15) is 12.7 Å². The Kier molecular flexibility index (Phi) is 57.7. The van der Waals surface area contributed by atoms with Crippen LogP contribution >= 0.6 is 7.82 Å². The van der Waals surface area contributed by atoms with Gasteiger partial charge in [0.25, 0.3) is 0 Å². The predicted octanol–water partition coefficient (Wildman–Crippen LogP) is 19.3. The Balaban J connectivity index is 4.72. The molecule has 0 aromatic rings. The van der Waals surface area contributed by atoms with Crippen LogP contribution in [0.15, 0.2) is 72.9 Å². The molecule has 78 heavy (non-hydrogen) atoms. The fourth-order valence-corrected chi connectivity index (χ4v) is 9.57. The minimum absolute atomic E-state index is 0.152. The molecule has 0 aliphatic heterocycles. The Hall–Kier alpha value is -3.08. The zero-order chi connectivity index (χ0) is 56.9. The maximum absolute atomic E-state index is 12.9. The molecule has 0 rings (SSSR count). The molecule has 452 valence electrons.